The molecule has 0 bridgehead atoms. The van der Waals surface area contributed by atoms with Crippen LogP contribution in [0.25, 0.3) is 0 Å². The molecule has 0 atom stereocenters. The van der Waals surface area contributed by atoms with Gasteiger partial charge in [0.2, 0.25) is 0 Å². The van der Waals surface area contributed by atoms with Crippen molar-refractivity contribution in [3.05, 3.63) is 23.3 Å². The molecular formula is C13H19NO2. The molecule has 1 rings (SSSR count). The number of carbonyl (C=O) groups excluding carboxylic acids is 1. The third-order valence-corrected chi connectivity index (χ3v) is 2.53. The topological polar surface area (TPSA) is 49.3 Å². The summed E-state index contributed by atoms with van der Waals surface area (Å²) in [4.78, 5) is 11.3. The molecule has 0 aromatic heterocycles. The third-order valence-electron chi connectivity index (χ3n) is 2.53. The molecule has 2 N–H and O–H groups in total. The van der Waals surface area contributed by atoms with Crippen LogP contribution in [0.1, 0.15) is 43.1 Å². The van der Waals surface area contributed by atoms with E-state index in [2.05, 4.69) is 12.2 Å². The molecule has 88 valence electrons. The minimum absolute atomic E-state index is 0.0992. The van der Waals surface area contributed by atoms with Crippen LogP contribution in [0.3, 0.4) is 0 Å². The summed E-state index contributed by atoms with van der Waals surface area (Å²) >= 11 is 0. The first-order chi connectivity index (χ1) is 7.61. The van der Waals surface area contributed by atoms with Crippen molar-refractivity contribution in [1.29, 1.82) is 0 Å². The predicted octanol–water partition coefficient (Wildman–Crippen LogP) is 2.98. The van der Waals surface area contributed by atoms with Crippen LogP contribution in [-0.2, 0) is 6.42 Å². The van der Waals surface area contributed by atoms with Crippen molar-refractivity contribution in [2.75, 3.05) is 11.9 Å². The van der Waals surface area contributed by atoms with Crippen molar-refractivity contribution in [3.8, 4) is 5.75 Å². The lowest BCUT2D eigenvalue weighted by molar-refractivity contribution is 0.101. The van der Waals surface area contributed by atoms with E-state index in [1.807, 2.05) is 13.0 Å². The monoisotopic (exact) mass is 221 g/mol. The smallest absolute Gasteiger partial charge is 0.163 e. The highest BCUT2D eigenvalue weighted by molar-refractivity contribution is 5.97. The standard InChI is InChI=1S/C13H19NO2/c1-4-6-11-12(14-5-2)8-7-10(9(3)15)13(11)16/h7-8,14,16H,4-6H2,1-3H3. The summed E-state index contributed by atoms with van der Waals surface area (Å²) in [5.41, 5.74) is 2.18. The number of hydrogen-bond acceptors (Lipinski definition) is 3. The summed E-state index contributed by atoms with van der Waals surface area (Å²) in [5, 5.41) is 13.2. The SMILES string of the molecule is CCCc1c(NCC)ccc(C(C)=O)c1O. The Morgan fingerprint density at radius 1 is 1.38 bits per heavy atom. The predicted molar refractivity (Wildman–Crippen MR) is 66.3 cm³/mol. The highest BCUT2D eigenvalue weighted by atomic mass is 16.3. The summed E-state index contributed by atoms with van der Waals surface area (Å²) in [6.07, 6.45) is 1.71. The van der Waals surface area contributed by atoms with Gasteiger partial charge in [-0.1, -0.05) is 13.3 Å². The summed E-state index contributed by atoms with van der Waals surface area (Å²) in [5.74, 6) is 0.0331. The fourth-order valence-corrected chi connectivity index (χ4v) is 1.78. The molecule has 0 saturated carbocycles. The minimum Gasteiger partial charge on any atom is -0.507 e. The Morgan fingerprint density at radius 3 is 2.56 bits per heavy atom. The van der Waals surface area contributed by atoms with Gasteiger partial charge in [-0.25, -0.2) is 0 Å². The quantitative estimate of drug-likeness (QED) is 0.751. The molecule has 0 aliphatic carbocycles. The average Bonchev–Trinajstić information content (AvgIpc) is 2.23. The second-order valence-electron chi connectivity index (χ2n) is 3.82. The molecule has 0 amide bonds. The maximum absolute atomic E-state index is 11.3. The van der Waals surface area contributed by atoms with Gasteiger partial charge in [-0.3, -0.25) is 4.79 Å². The lowest BCUT2D eigenvalue weighted by Crippen LogP contribution is -2.04. The normalized spacial score (nSPS) is 10.2. The van der Waals surface area contributed by atoms with Gasteiger partial charge in [0.05, 0.1) is 5.56 Å². The van der Waals surface area contributed by atoms with E-state index >= 15 is 0 Å². The molecule has 0 aliphatic rings. The number of aromatic hydroxyl groups is 1. The van der Waals surface area contributed by atoms with Crippen molar-refractivity contribution < 1.29 is 9.90 Å². The average molecular weight is 221 g/mol. The van der Waals surface area contributed by atoms with Crippen molar-refractivity contribution in [2.24, 2.45) is 0 Å². The van der Waals surface area contributed by atoms with Crippen LogP contribution < -0.4 is 5.32 Å². The van der Waals surface area contributed by atoms with Gasteiger partial charge < -0.3 is 10.4 Å². The Kier molecular flexibility index (Phi) is 4.35. The van der Waals surface area contributed by atoms with Gasteiger partial charge in [0.15, 0.2) is 5.78 Å². The number of phenols is 1. The maximum Gasteiger partial charge on any atom is 0.163 e. The number of hydrogen-bond donors (Lipinski definition) is 2. The van der Waals surface area contributed by atoms with E-state index < -0.39 is 0 Å². The first-order valence-corrected chi connectivity index (χ1v) is 5.71. The van der Waals surface area contributed by atoms with Crippen LogP contribution in [0.4, 0.5) is 5.69 Å². The van der Waals surface area contributed by atoms with Crippen LogP contribution >= 0.6 is 0 Å². The summed E-state index contributed by atoms with van der Waals surface area (Å²) in [6, 6.07) is 3.54. The van der Waals surface area contributed by atoms with E-state index in [1.54, 1.807) is 6.07 Å². The summed E-state index contributed by atoms with van der Waals surface area (Å²) in [6.45, 7) is 6.33. The first-order valence-electron chi connectivity index (χ1n) is 5.71. The van der Waals surface area contributed by atoms with Gasteiger partial charge in [0.1, 0.15) is 5.75 Å². The molecule has 0 radical (unpaired) electrons. The number of rotatable bonds is 5. The number of nitrogens with one attached hydrogen (secondary N) is 1. The zero-order valence-electron chi connectivity index (χ0n) is 10.1. The van der Waals surface area contributed by atoms with E-state index in [-0.39, 0.29) is 11.5 Å². The number of anilines is 1. The van der Waals surface area contributed by atoms with Crippen molar-refractivity contribution >= 4 is 11.5 Å². The lowest BCUT2D eigenvalue weighted by Gasteiger charge is -2.14. The van der Waals surface area contributed by atoms with E-state index in [0.717, 1.165) is 30.6 Å². The third kappa shape index (κ3) is 2.54. The van der Waals surface area contributed by atoms with E-state index in [0.29, 0.717) is 5.56 Å². The second kappa shape index (κ2) is 5.54. The van der Waals surface area contributed by atoms with Gasteiger partial charge in [-0.15, -0.1) is 0 Å². The fraction of sp³-hybridized carbons (Fsp3) is 0.462. The van der Waals surface area contributed by atoms with Gasteiger partial charge in [0.25, 0.3) is 0 Å². The van der Waals surface area contributed by atoms with Gasteiger partial charge in [-0.2, -0.15) is 0 Å². The van der Waals surface area contributed by atoms with Crippen molar-refractivity contribution in [3.63, 3.8) is 0 Å². The molecule has 1 aromatic carbocycles. The molecule has 0 spiro atoms. The zero-order valence-corrected chi connectivity index (χ0v) is 10.1. The summed E-state index contributed by atoms with van der Waals surface area (Å²) < 4.78 is 0. The molecule has 0 aliphatic heterocycles. The van der Waals surface area contributed by atoms with Crippen LogP contribution in [0.5, 0.6) is 5.75 Å². The lowest BCUT2D eigenvalue weighted by atomic mass is 10.0. The van der Waals surface area contributed by atoms with Gasteiger partial charge >= 0.3 is 0 Å². The fourth-order valence-electron chi connectivity index (χ4n) is 1.78. The first kappa shape index (κ1) is 12.6. The molecular weight excluding hydrogens is 202 g/mol. The highest BCUT2D eigenvalue weighted by Crippen LogP contribution is 2.31. The van der Waals surface area contributed by atoms with E-state index in [1.165, 1.54) is 6.92 Å². The molecule has 0 saturated heterocycles. The number of Topliss-reactive ketones (excluding diaryl/α,β-unsaturated/α-hetero) is 1. The molecule has 3 heteroatoms. The molecule has 0 unspecified atom stereocenters. The van der Waals surface area contributed by atoms with E-state index in [9.17, 15) is 9.90 Å². The van der Waals surface area contributed by atoms with Crippen LogP contribution in [0.15, 0.2) is 12.1 Å². The Morgan fingerprint density at radius 2 is 2.06 bits per heavy atom. The molecule has 0 fully saturated rings. The van der Waals surface area contributed by atoms with Crippen molar-refractivity contribution in [1.82, 2.24) is 0 Å². The van der Waals surface area contributed by atoms with E-state index in [4.69, 9.17) is 0 Å². The zero-order chi connectivity index (χ0) is 12.1. The van der Waals surface area contributed by atoms with Crippen molar-refractivity contribution in [2.45, 2.75) is 33.6 Å². The Bertz CT molecular complexity index is 386. The number of carbonyl (C=O) groups is 1. The van der Waals surface area contributed by atoms with Crippen LogP contribution in [0.2, 0.25) is 0 Å². The van der Waals surface area contributed by atoms with Crippen LogP contribution in [0, 0.1) is 0 Å². The van der Waals surface area contributed by atoms with Crippen LogP contribution in [-0.4, -0.2) is 17.4 Å². The highest BCUT2D eigenvalue weighted by Gasteiger charge is 2.14. The minimum atomic E-state index is -0.0992. The number of phenolic OH excluding ortho intramolecular Hbond substituents is 1. The second-order valence-corrected chi connectivity index (χ2v) is 3.82. The molecule has 16 heavy (non-hydrogen) atoms. The summed E-state index contributed by atoms with van der Waals surface area (Å²) in [7, 11) is 0. The Balaban J connectivity index is 3.23. The molecule has 3 nitrogen and oxygen atoms in total. The molecule has 1 aromatic rings. The van der Waals surface area contributed by atoms with Gasteiger partial charge in [-0.05, 0) is 32.4 Å². The molecule has 0 heterocycles. The number of benzene rings is 1. The maximum atomic E-state index is 11.3. The number of ketones is 1. The Labute approximate surface area is 96.5 Å². The Hall–Kier alpha value is -1.51. The largest absolute Gasteiger partial charge is 0.507 e. The van der Waals surface area contributed by atoms with Gasteiger partial charge in [0, 0.05) is 17.8 Å².